The molecule has 25 heavy (non-hydrogen) atoms. The topological polar surface area (TPSA) is 67.4 Å². The molecule has 2 heterocycles. The van der Waals surface area contributed by atoms with E-state index in [-0.39, 0.29) is 5.91 Å². The fourth-order valence-electron chi connectivity index (χ4n) is 3.27. The van der Waals surface area contributed by atoms with E-state index in [2.05, 4.69) is 21.4 Å². The number of carbonyl (C=O) groups is 1. The Morgan fingerprint density at radius 2 is 1.92 bits per heavy atom. The van der Waals surface area contributed by atoms with E-state index in [1.807, 2.05) is 30.0 Å². The molecule has 0 aliphatic carbocycles. The van der Waals surface area contributed by atoms with Crippen molar-refractivity contribution in [2.24, 2.45) is 0 Å². The van der Waals surface area contributed by atoms with Gasteiger partial charge in [-0.25, -0.2) is 9.97 Å². The lowest BCUT2D eigenvalue weighted by molar-refractivity contribution is 0.0711. The Kier molecular flexibility index (Phi) is 5.48. The Morgan fingerprint density at radius 3 is 2.56 bits per heavy atom. The van der Waals surface area contributed by atoms with Gasteiger partial charge < -0.3 is 15.0 Å². The van der Waals surface area contributed by atoms with Gasteiger partial charge in [-0.15, -0.1) is 0 Å². The van der Waals surface area contributed by atoms with Crippen molar-refractivity contribution < 1.29 is 9.53 Å². The molecule has 1 aromatic heterocycles. The van der Waals surface area contributed by atoms with Crippen LogP contribution in [0.3, 0.4) is 0 Å². The lowest BCUT2D eigenvalue weighted by Gasteiger charge is -2.32. The van der Waals surface area contributed by atoms with Crippen molar-refractivity contribution in [2.45, 2.75) is 25.7 Å². The molecule has 1 fully saturated rings. The standard InChI is InChI=1S/C19H24N4O2/c1-3-20-19-21-12-15(13-22-19)18(24)23-10-8-14(9-11-23)16-6-4-5-7-17(16)25-2/h4-7,12-14H,3,8-11H2,1-2H3,(H,20,21,22). The van der Waals surface area contributed by atoms with E-state index in [4.69, 9.17) is 4.74 Å². The molecule has 3 rings (SSSR count). The molecule has 0 bridgehead atoms. The highest BCUT2D eigenvalue weighted by Crippen LogP contribution is 2.34. The number of amides is 1. The van der Waals surface area contributed by atoms with Gasteiger partial charge in [-0.2, -0.15) is 0 Å². The van der Waals surface area contributed by atoms with Crippen LogP contribution in [0.25, 0.3) is 0 Å². The zero-order valence-corrected chi connectivity index (χ0v) is 14.7. The van der Waals surface area contributed by atoms with Gasteiger partial charge in [-0.1, -0.05) is 18.2 Å². The summed E-state index contributed by atoms with van der Waals surface area (Å²) < 4.78 is 5.47. The van der Waals surface area contributed by atoms with Crippen LogP contribution in [-0.2, 0) is 0 Å². The molecule has 0 unspecified atom stereocenters. The second kappa shape index (κ2) is 7.96. The van der Waals surface area contributed by atoms with Crippen LogP contribution < -0.4 is 10.1 Å². The third-order valence-corrected chi connectivity index (χ3v) is 4.59. The third kappa shape index (κ3) is 3.90. The first-order valence-corrected chi connectivity index (χ1v) is 8.71. The Balaban J connectivity index is 1.62. The number of hydrogen-bond donors (Lipinski definition) is 1. The van der Waals surface area contributed by atoms with Gasteiger partial charge in [-0.05, 0) is 37.3 Å². The fourth-order valence-corrected chi connectivity index (χ4v) is 3.27. The molecule has 0 atom stereocenters. The highest BCUT2D eigenvalue weighted by Gasteiger charge is 2.26. The SMILES string of the molecule is CCNc1ncc(C(=O)N2CCC(c3ccccc3OC)CC2)cn1. The van der Waals surface area contributed by atoms with Gasteiger partial charge in [-0.3, -0.25) is 4.79 Å². The van der Waals surface area contributed by atoms with Crippen molar-refractivity contribution in [3.05, 3.63) is 47.8 Å². The van der Waals surface area contributed by atoms with Gasteiger partial charge in [0.2, 0.25) is 5.95 Å². The molecule has 6 heteroatoms. The summed E-state index contributed by atoms with van der Waals surface area (Å²) >= 11 is 0. The number of hydrogen-bond acceptors (Lipinski definition) is 5. The number of likely N-dealkylation sites (tertiary alicyclic amines) is 1. The number of nitrogens with one attached hydrogen (secondary N) is 1. The summed E-state index contributed by atoms with van der Waals surface area (Å²) in [5, 5.41) is 3.03. The van der Waals surface area contributed by atoms with E-state index in [0.29, 0.717) is 17.4 Å². The van der Waals surface area contributed by atoms with Crippen molar-refractivity contribution in [1.82, 2.24) is 14.9 Å². The minimum Gasteiger partial charge on any atom is -0.496 e. The number of methoxy groups -OCH3 is 1. The molecule has 1 aromatic carbocycles. The van der Waals surface area contributed by atoms with Crippen molar-refractivity contribution in [1.29, 1.82) is 0 Å². The predicted molar refractivity (Wildman–Crippen MR) is 97.1 cm³/mol. The van der Waals surface area contributed by atoms with E-state index < -0.39 is 0 Å². The first-order chi connectivity index (χ1) is 12.2. The zero-order valence-electron chi connectivity index (χ0n) is 14.7. The van der Waals surface area contributed by atoms with E-state index in [1.54, 1.807) is 19.5 Å². The summed E-state index contributed by atoms with van der Waals surface area (Å²) in [6.07, 6.45) is 5.06. The fraction of sp³-hybridized carbons (Fsp3) is 0.421. The van der Waals surface area contributed by atoms with Gasteiger partial charge in [0, 0.05) is 32.0 Å². The van der Waals surface area contributed by atoms with Gasteiger partial charge in [0.05, 0.1) is 12.7 Å². The molecule has 1 saturated heterocycles. The van der Waals surface area contributed by atoms with Crippen molar-refractivity contribution in [3.63, 3.8) is 0 Å². The largest absolute Gasteiger partial charge is 0.496 e. The highest BCUT2D eigenvalue weighted by atomic mass is 16.5. The monoisotopic (exact) mass is 340 g/mol. The number of benzene rings is 1. The minimum absolute atomic E-state index is 0.00141. The molecular formula is C19H24N4O2. The van der Waals surface area contributed by atoms with Gasteiger partial charge in [0.25, 0.3) is 5.91 Å². The molecule has 1 N–H and O–H groups in total. The zero-order chi connectivity index (χ0) is 17.6. The third-order valence-electron chi connectivity index (χ3n) is 4.59. The number of piperidine rings is 1. The van der Waals surface area contributed by atoms with Crippen LogP contribution in [0.2, 0.25) is 0 Å². The predicted octanol–water partition coefficient (Wildman–Crippen LogP) is 2.94. The van der Waals surface area contributed by atoms with Crippen LogP contribution in [0.4, 0.5) is 5.95 Å². The maximum atomic E-state index is 12.6. The first kappa shape index (κ1) is 17.2. The number of nitrogens with zero attached hydrogens (tertiary/aromatic N) is 3. The van der Waals surface area contributed by atoms with Crippen molar-refractivity contribution in [2.75, 3.05) is 32.1 Å². The smallest absolute Gasteiger partial charge is 0.256 e. The average molecular weight is 340 g/mol. The van der Waals surface area contributed by atoms with E-state index in [9.17, 15) is 4.79 Å². The summed E-state index contributed by atoms with van der Waals surface area (Å²) in [5.74, 6) is 1.91. The Labute approximate surface area is 148 Å². The lowest BCUT2D eigenvalue weighted by atomic mass is 9.88. The normalized spacial score (nSPS) is 15.0. The number of rotatable bonds is 5. The number of carbonyl (C=O) groups excluding carboxylic acids is 1. The molecule has 1 aliphatic heterocycles. The molecular weight excluding hydrogens is 316 g/mol. The minimum atomic E-state index is 0.00141. The molecule has 2 aromatic rings. The van der Waals surface area contributed by atoms with Gasteiger partial charge in [0.1, 0.15) is 5.75 Å². The second-order valence-electron chi connectivity index (χ2n) is 6.13. The first-order valence-electron chi connectivity index (χ1n) is 8.71. The highest BCUT2D eigenvalue weighted by molar-refractivity contribution is 5.93. The number of para-hydroxylation sites is 1. The summed E-state index contributed by atoms with van der Waals surface area (Å²) in [6, 6.07) is 8.14. The van der Waals surface area contributed by atoms with E-state index in [1.165, 1.54) is 5.56 Å². The maximum absolute atomic E-state index is 12.6. The van der Waals surface area contributed by atoms with Crippen molar-refractivity contribution in [3.8, 4) is 5.75 Å². The van der Waals surface area contributed by atoms with E-state index >= 15 is 0 Å². The van der Waals surface area contributed by atoms with Crippen LogP contribution >= 0.6 is 0 Å². The van der Waals surface area contributed by atoms with Crippen LogP contribution in [0, 0.1) is 0 Å². The van der Waals surface area contributed by atoms with Gasteiger partial charge >= 0.3 is 0 Å². The molecule has 132 valence electrons. The summed E-state index contributed by atoms with van der Waals surface area (Å²) in [7, 11) is 1.70. The summed E-state index contributed by atoms with van der Waals surface area (Å²) in [5.41, 5.74) is 1.77. The molecule has 0 spiro atoms. The van der Waals surface area contributed by atoms with Crippen LogP contribution in [0.5, 0.6) is 5.75 Å². The van der Waals surface area contributed by atoms with Gasteiger partial charge in [0.15, 0.2) is 0 Å². The van der Waals surface area contributed by atoms with E-state index in [0.717, 1.165) is 38.2 Å². The Hall–Kier alpha value is -2.63. The second-order valence-corrected chi connectivity index (χ2v) is 6.13. The van der Waals surface area contributed by atoms with Crippen LogP contribution in [0.15, 0.2) is 36.7 Å². The maximum Gasteiger partial charge on any atom is 0.256 e. The summed E-state index contributed by atoms with van der Waals surface area (Å²) in [4.78, 5) is 22.9. The Bertz CT molecular complexity index is 710. The lowest BCUT2D eigenvalue weighted by Crippen LogP contribution is -2.38. The Morgan fingerprint density at radius 1 is 1.24 bits per heavy atom. The number of ether oxygens (including phenoxy) is 1. The molecule has 0 radical (unpaired) electrons. The molecule has 0 saturated carbocycles. The van der Waals surface area contributed by atoms with Crippen LogP contribution in [0.1, 0.15) is 41.6 Å². The molecule has 1 aliphatic rings. The summed E-state index contributed by atoms with van der Waals surface area (Å²) in [6.45, 7) is 4.20. The molecule has 6 nitrogen and oxygen atoms in total. The van der Waals surface area contributed by atoms with Crippen LogP contribution in [-0.4, -0.2) is 47.5 Å². The molecule has 1 amide bonds. The average Bonchev–Trinajstić information content (AvgIpc) is 2.68. The van der Waals surface area contributed by atoms with Crippen molar-refractivity contribution >= 4 is 11.9 Å². The number of anilines is 1. The quantitative estimate of drug-likeness (QED) is 0.906. The number of aromatic nitrogens is 2.